The molecule has 0 spiro atoms. The number of hydrogen-bond acceptors (Lipinski definition) is 4. The maximum absolute atomic E-state index is 4.68. The Bertz CT molecular complexity index is 1120. The van der Waals surface area contributed by atoms with Crippen LogP contribution >= 0.6 is 0 Å². The molecule has 4 heteroatoms. The SMILES string of the molecule is C1=CC(c2ccc3nc4nc5ccccc5nc4nc3c2)C=C1. The average Bonchev–Trinajstić information content (AvgIpc) is 3.12. The van der Waals surface area contributed by atoms with E-state index >= 15 is 0 Å². The number of aromatic nitrogens is 4. The topological polar surface area (TPSA) is 51.6 Å². The van der Waals surface area contributed by atoms with Crippen LogP contribution in [0.3, 0.4) is 0 Å². The van der Waals surface area contributed by atoms with E-state index in [1.807, 2.05) is 30.3 Å². The zero-order valence-corrected chi connectivity index (χ0v) is 12.2. The summed E-state index contributed by atoms with van der Waals surface area (Å²) in [5.74, 6) is 0.319. The molecule has 0 amide bonds. The highest BCUT2D eigenvalue weighted by Gasteiger charge is 2.11. The lowest BCUT2D eigenvalue weighted by Gasteiger charge is -2.07. The zero-order chi connectivity index (χ0) is 15.2. The monoisotopic (exact) mass is 296 g/mol. The van der Waals surface area contributed by atoms with Gasteiger partial charge in [0.1, 0.15) is 0 Å². The number of hydrogen-bond donors (Lipinski definition) is 0. The largest absolute Gasteiger partial charge is 0.224 e. The molecule has 0 saturated carbocycles. The van der Waals surface area contributed by atoms with Gasteiger partial charge in [0.15, 0.2) is 11.3 Å². The number of fused-ring (bicyclic) bond motifs is 3. The summed E-state index contributed by atoms with van der Waals surface area (Å²) in [6, 6.07) is 14.0. The molecule has 23 heavy (non-hydrogen) atoms. The fraction of sp³-hybridized carbons (Fsp3) is 0.0526. The molecule has 2 aromatic carbocycles. The average molecular weight is 296 g/mol. The van der Waals surface area contributed by atoms with Crippen LogP contribution in [-0.2, 0) is 0 Å². The van der Waals surface area contributed by atoms with Crippen LogP contribution in [0.15, 0.2) is 66.8 Å². The molecule has 2 aromatic heterocycles. The number of benzene rings is 2. The van der Waals surface area contributed by atoms with Crippen molar-refractivity contribution < 1.29 is 0 Å². The van der Waals surface area contributed by atoms with Crippen LogP contribution in [0, 0.1) is 0 Å². The third-order valence-corrected chi connectivity index (χ3v) is 4.12. The molecule has 108 valence electrons. The van der Waals surface area contributed by atoms with E-state index < -0.39 is 0 Å². The molecule has 0 atom stereocenters. The standard InChI is InChI=1S/C19H12N4/c1-2-6-12(5-1)13-9-10-16-17(11-13)23-19-18(22-16)20-14-7-3-4-8-15(14)21-19/h1-12H. The Morgan fingerprint density at radius 3 is 1.83 bits per heavy atom. The van der Waals surface area contributed by atoms with Crippen molar-refractivity contribution in [3.05, 3.63) is 72.3 Å². The molecule has 0 N–H and O–H groups in total. The minimum absolute atomic E-state index is 0.319. The summed E-state index contributed by atoms with van der Waals surface area (Å²) in [7, 11) is 0. The minimum atomic E-state index is 0.319. The lowest BCUT2D eigenvalue weighted by Crippen LogP contribution is -1.96. The first kappa shape index (κ1) is 12.4. The first-order chi connectivity index (χ1) is 11.4. The quantitative estimate of drug-likeness (QED) is 0.499. The van der Waals surface area contributed by atoms with Crippen LogP contribution in [0.4, 0.5) is 0 Å². The molecule has 0 saturated heterocycles. The second kappa shape index (κ2) is 4.68. The van der Waals surface area contributed by atoms with Crippen molar-refractivity contribution in [1.29, 1.82) is 0 Å². The highest BCUT2D eigenvalue weighted by molar-refractivity contribution is 5.87. The second-order valence-electron chi connectivity index (χ2n) is 5.63. The molecule has 1 aliphatic rings. The first-order valence-corrected chi connectivity index (χ1v) is 7.56. The Kier molecular flexibility index (Phi) is 2.52. The van der Waals surface area contributed by atoms with E-state index in [2.05, 4.69) is 56.4 Å². The summed E-state index contributed by atoms with van der Waals surface area (Å²) in [5, 5.41) is 0. The van der Waals surface area contributed by atoms with E-state index in [0.717, 1.165) is 22.1 Å². The second-order valence-corrected chi connectivity index (χ2v) is 5.63. The van der Waals surface area contributed by atoms with Gasteiger partial charge in [-0.15, -0.1) is 0 Å². The van der Waals surface area contributed by atoms with Gasteiger partial charge in [-0.2, -0.15) is 0 Å². The number of para-hydroxylation sites is 2. The van der Waals surface area contributed by atoms with E-state index in [0.29, 0.717) is 17.2 Å². The number of allylic oxidation sites excluding steroid dienone is 4. The Morgan fingerprint density at radius 1 is 0.609 bits per heavy atom. The molecular weight excluding hydrogens is 284 g/mol. The van der Waals surface area contributed by atoms with Crippen LogP contribution in [-0.4, -0.2) is 19.9 Å². The van der Waals surface area contributed by atoms with Gasteiger partial charge in [0.25, 0.3) is 0 Å². The summed E-state index contributed by atoms with van der Waals surface area (Å²) < 4.78 is 0. The number of rotatable bonds is 1. The van der Waals surface area contributed by atoms with Crippen molar-refractivity contribution >= 4 is 33.4 Å². The highest BCUT2D eigenvalue weighted by atomic mass is 15.0. The van der Waals surface area contributed by atoms with Gasteiger partial charge < -0.3 is 0 Å². The Hall–Kier alpha value is -3.14. The fourth-order valence-corrected chi connectivity index (χ4v) is 2.95. The molecule has 4 nitrogen and oxygen atoms in total. The summed E-state index contributed by atoms with van der Waals surface area (Å²) in [5.41, 5.74) is 5.77. The van der Waals surface area contributed by atoms with Crippen molar-refractivity contribution in [2.75, 3.05) is 0 Å². The van der Waals surface area contributed by atoms with Gasteiger partial charge in [-0.1, -0.05) is 42.5 Å². The third-order valence-electron chi connectivity index (χ3n) is 4.12. The van der Waals surface area contributed by atoms with Crippen LogP contribution in [0.25, 0.3) is 33.4 Å². The lowest BCUT2D eigenvalue weighted by atomic mass is 10.0. The maximum atomic E-state index is 4.68. The van der Waals surface area contributed by atoms with Crippen molar-refractivity contribution in [3.8, 4) is 0 Å². The smallest absolute Gasteiger partial charge is 0.199 e. The van der Waals surface area contributed by atoms with Gasteiger partial charge in [0.05, 0.1) is 22.1 Å². The molecule has 1 aliphatic carbocycles. The van der Waals surface area contributed by atoms with Crippen LogP contribution < -0.4 is 0 Å². The molecule has 5 rings (SSSR count). The van der Waals surface area contributed by atoms with Crippen molar-refractivity contribution in [2.45, 2.75) is 5.92 Å². The van der Waals surface area contributed by atoms with E-state index in [4.69, 9.17) is 0 Å². The first-order valence-electron chi connectivity index (χ1n) is 7.56. The molecule has 0 unspecified atom stereocenters. The van der Waals surface area contributed by atoms with E-state index in [-0.39, 0.29) is 0 Å². The van der Waals surface area contributed by atoms with Crippen LogP contribution in [0.5, 0.6) is 0 Å². The zero-order valence-electron chi connectivity index (χ0n) is 12.2. The maximum Gasteiger partial charge on any atom is 0.199 e. The Morgan fingerprint density at radius 2 is 1.17 bits per heavy atom. The summed E-state index contributed by atoms with van der Waals surface area (Å²) >= 11 is 0. The molecule has 0 radical (unpaired) electrons. The molecule has 2 heterocycles. The van der Waals surface area contributed by atoms with Gasteiger partial charge in [-0.25, -0.2) is 19.9 Å². The van der Waals surface area contributed by atoms with Crippen LogP contribution in [0.2, 0.25) is 0 Å². The summed E-state index contributed by atoms with van der Waals surface area (Å²) in [6.45, 7) is 0. The lowest BCUT2D eigenvalue weighted by molar-refractivity contribution is 1.10. The van der Waals surface area contributed by atoms with Gasteiger partial charge in [0, 0.05) is 5.92 Å². The Balaban J connectivity index is 1.76. The van der Waals surface area contributed by atoms with Gasteiger partial charge in [-0.3, -0.25) is 0 Å². The van der Waals surface area contributed by atoms with Crippen LogP contribution in [0.1, 0.15) is 11.5 Å². The predicted octanol–water partition coefficient (Wildman–Crippen LogP) is 3.94. The normalized spacial score (nSPS) is 14.4. The van der Waals surface area contributed by atoms with Gasteiger partial charge in [-0.05, 0) is 29.8 Å². The molecular formula is C19H12N4. The van der Waals surface area contributed by atoms with Crippen molar-refractivity contribution in [3.63, 3.8) is 0 Å². The van der Waals surface area contributed by atoms with Crippen molar-refractivity contribution in [1.82, 2.24) is 19.9 Å². The molecule has 0 bridgehead atoms. The highest BCUT2D eigenvalue weighted by Crippen LogP contribution is 2.26. The van der Waals surface area contributed by atoms with Crippen molar-refractivity contribution in [2.24, 2.45) is 0 Å². The van der Waals surface area contributed by atoms with Gasteiger partial charge >= 0.3 is 0 Å². The summed E-state index contributed by atoms with van der Waals surface area (Å²) in [4.78, 5) is 18.5. The van der Waals surface area contributed by atoms with E-state index in [1.165, 1.54) is 5.56 Å². The predicted molar refractivity (Wildman–Crippen MR) is 91.2 cm³/mol. The van der Waals surface area contributed by atoms with E-state index in [9.17, 15) is 0 Å². The van der Waals surface area contributed by atoms with E-state index in [1.54, 1.807) is 0 Å². The van der Waals surface area contributed by atoms with Gasteiger partial charge in [0.2, 0.25) is 0 Å². The Labute approximate surface area is 132 Å². The fourth-order valence-electron chi connectivity index (χ4n) is 2.95. The minimum Gasteiger partial charge on any atom is -0.224 e. The number of nitrogens with zero attached hydrogens (tertiary/aromatic N) is 4. The third kappa shape index (κ3) is 1.99. The molecule has 4 aromatic rings. The molecule has 0 aliphatic heterocycles. The molecule has 0 fully saturated rings. The summed E-state index contributed by atoms with van der Waals surface area (Å²) in [6.07, 6.45) is 8.48.